The van der Waals surface area contributed by atoms with Gasteiger partial charge in [-0.3, -0.25) is 4.79 Å². The fourth-order valence-electron chi connectivity index (χ4n) is 2.52. The standard InChI is InChI=1S/C19H24BNO5S/c1-12(22)27-11-15(20-25-18(2,3)19(4,5)26-20)9-14-7-13(10-21)8-16(24-6)17(14)23/h7-9,23H,11H2,1-6H3. The predicted molar refractivity (Wildman–Crippen MR) is 107 cm³/mol. The minimum Gasteiger partial charge on any atom is -0.504 e. The number of phenolic OH excluding ortho intramolecular Hbond substituents is 1. The van der Waals surface area contributed by atoms with Gasteiger partial charge in [-0.2, -0.15) is 5.26 Å². The van der Waals surface area contributed by atoms with Crippen molar-refractivity contribution in [2.75, 3.05) is 12.9 Å². The van der Waals surface area contributed by atoms with Gasteiger partial charge in [0.25, 0.3) is 0 Å². The molecule has 1 saturated heterocycles. The van der Waals surface area contributed by atoms with Gasteiger partial charge in [0, 0.05) is 24.3 Å². The summed E-state index contributed by atoms with van der Waals surface area (Å²) in [6.07, 6.45) is 1.69. The number of carbonyl (C=O) groups excluding carboxylic acids is 1. The highest BCUT2D eigenvalue weighted by molar-refractivity contribution is 8.13. The van der Waals surface area contributed by atoms with E-state index in [-0.39, 0.29) is 16.6 Å². The van der Waals surface area contributed by atoms with Crippen molar-refractivity contribution in [1.29, 1.82) is 5.26 Å². The molecule has 0 radical (unpaired) electrons. The maximum absolute atomic E-state index is 11.5. The summed E-state index contributed by atoms with van der Waals surface area (Å²) < 4.78 is 17.3. The summed E-state index contributed by atoms with van der Waals surface area (Å²) in [5.74, 6) is 0.455. The van der Waals surface area contributed by atoms with Gasteiger partial charge in [-0.1, -0.05) is 17.8 Å². The van der Waals surface area contributed by atoms with E-state index in [0.29, 0.717) is 22.4 Å². The van der Waals surface area contributed by atoms with E-state index in [9.17, 15) is 15.2 Å². The van der Waals surface area contributed by atoms with Crippen LogP contribution in [-0.4, -0.2) is 41.4 Å². The third-order valence-electron chi connectivity index (χ3n) is 4.79. The molecule has 144 valence electrons. The molecule has 1 aliphatic rings. The lowest BCUT2D eigenvalue weighted by atomic mass is 9.78. The number of thioether (sulfide) groups is 1. The van der Waals surface area contributed by atoms with Gasteiger partial charge in [-0.15, -0.1) is 0 Å². The number of carbonyl (C=O) groups is 1. The van der Waals surface area contributed by atoms with Crippen LogP contribution in [0.2, 0.25) is 0 Å². The summed E-state index contributed by atoms with van der Waals surface area (Å²) in [5.41, 5.74) is 0.363. The number of nitrogens with zero attached hydrogens (tertiary/aromatic N) is 1. The van der Waals surface area contributed by atoms with Gasteiger partial charge in [-0.25, -0.2) is 0 Å². The molecule has 2 rings (SSSR count). The van der Waals surface area contributed by atoms with Gasteiger partial charge in [0.2, 0.25) is 0 Å². The Hall–Kier alpha value is -1.95. The smallest absolute Gasteiger partial charge is 0.491 e. The van der Waals surface area contributed by atoms with Gasteiger partial charge >= 0.3 is 7.12 Å². The van der Waals surface area contributed by atoms with E-state index in [1.165, 1.54) is 20.1 Å². The molecule has 0 amide bonds. The van der Waals surface area contributed by atoms with Gasteiger partial charge in [-0.05, 0) is 39.2 Å². The van der Waals surface area contributed by atoms with E-state index in [1.54, 1.807) is 12.1 Å². The van der Waals surface area contributed by atoms with E-state index in [0.717, 1.165) is 11.8 Å². The Labute approximate surface area is 164 Å². The average molecular weight is 389 g/mol. The van der Waals surface area contributed by atoms with Crippen LogP contribution in [0.4, 0.5) is 0 Å². The molecular formula is C19H24BNO5S. The summed E-state index contributed by atoms with van der Waals surface area (Å²) in [4.78, 5) is 11.5. The molecule has 6 nitrogen and oxygen atoms in total. The summed E-state index contributed by atoms with van der Waals surface area (Å²) >= 11 is 1.13. The Balaban J connectivity index is 2.49. The fraction of sp³-hybridized carbons (Fsp3) is 0.474. The lowest BCUT2D eigenvalue weighted by molar-refractivity contribution is -0.109. The highest BCUT2D eigenvalue weighted by Gasteiger charge is 2.52. The lowest BCUT2D eigenvalue weighted by Gasteiger charge is -2.32. The second kappa shape index (κ2) is 7.97. The van der Waals surface area contributed by atoms with Crippen LogP contribution in [0, 0.1) is 11.3 Å². The van der Waals surface area contributed by atoms with Crippen molar-refractivity contribution in [1.82, 2.24) is 0 Å². The maximum Gasteiger partial charge on any atom is 0.491 e. The number of methoxy groups -OCH3 is 1. The summed E-state index contributed by atoms with van der Waals surface area (Å²) in [6, 6.07) is 5.07. The van der Waals surface area contributed by atoms with Crippen LogP contribution in [0.1, 0.15) is 45.7 Å². The van der Waals surface area contributed by atoms with Crippen LogP contribution in [0.15, 0.2) is 17.6 Å². The van der Waals surface area contributed by atoms with Crippen molar-refractivity contribution in [3.8, 4) is 17.6 Å². The normalized spacial score (nSPS) is 18.3. The Morgan fingerprint density at radius 1 is 1.33 bits per heavy atom. The molecule has 1 heterocycles. The van der Waals surface area contributed by atoms with Crippen LogP contribution >= 0.6 is 11.8 Å². The average Bonchev–Trinajstić information content (AvgIpc) is 2.80. The summed E-state index contributed by atoms with van der Waals surface area (Å²) in [5, 5.41) is 19.6. The Morgan fingerprint density at radius 3 is 2.41 bits per heavy atom. The minimum absolute atomic E-state index is 0.0370. The van der Waals surface area contributed by atoms with Crippen molar-refractivity contribution in [2.45, 2.75) is 45.8 Å². The molecule has 0 atom stereocenters. The molecule has 0 aliphatic carbocycles. The maximum atomic E-state index is 11.5. The van der Waals surface area contributed by atoms with Crippen LogP contribution in [0.3, 0.4) is 0 Å². The minimum atomic E-state index is -0.669. The van der Waals surface area contributed by atoms with Crippen molar-refractivity contribution in [3.05, 3.63) is 28.7 Å². The zero-order chi connectivity index (χ0) is 20.4. The lowest BCUT2D eigenvalue weighted by Crippen LogP contribution is -2.41. The zero-order valence-electron chi connectivity index (χ0n) is 16.5. The molecule has 1 aliphatic heterocycles. The topological polar surface area (TPSA) is 88.8 Å². The van der Waals surface area contributed by atoms with Crippen LogP contribution in [0.25, 0.3) is 6.08 Å². The number of aromatic hydroxyl groups is 1. The molecule has 0 spiro atoms. The van der Waals surface area contributed by atoms with Crippen molar-refractivity contribution >= 4 is 30.1 Å². The Bertz CT molecular complexity index is 797. The van der Waals surface area contributed by atoms with Crippen molar-refractivity contribution < 1.29 is 23.9 Å². The molecule has 0 bridgehead atoms. The summed E-state index contributed by atoms with van der Waals surface area (Å²) in [7, 11) is 0.753. The quantitative estimate of drug-likeness (QED) is 0.770. The zero-order valence-corrected chi connectivity index (χ0v) is 17.3. The molecule has 0 saturated carbocycles. The molecular weight excluding hydrogens is 365 g/mol. The molecule has 1 aromatic rings. The molecule has 1 fully saturated rings. The second-order valence-corrected chi connectivity index (χ2v) is 8.47. The number of rotatable bonds is 5. The molecule has 1 N–H and O–H groups in total. The van der Waals surface area contributed by atoms with E-state index >= 15 is 0 Å². The van der Waals surface area contributed by atoms with Crippen molar-refractivity contribution in [2.24, 2.45) is 0 Å². The summed E-state index contributed by atoms with van der Waals surface area (Å²) in [6.45, 7) is 9.27. The first-order valence-corrected chi connectivity index (χ1v) is 9.50. The van der Waals surface area contributed by atoms with Crippen LogP contribution < -0.4 is 4.74 Å². The van der Waals surface area contributed by atoms with Gasteiger partial charge in [0.15, 0.2) is 16.6 Å². The van der Waals surface area contributed by atoms with Crippen LogP contribution in [0.5, 0.6) is 11.5 Å². The highest BCUT2D eigenvalue weighted by atomic mass is 32.2. The molecule has 0 aromatic heterocycles. The number of benzene rings is 1. The molecule has 8 heteroatoms. The predicted octanol–water partition coefficient (Wildman–Crippen LogP) is 3.57. The number of hydrogen-bond donors (Lipinski definition) is 1. The first-order valence-electron chi connectivity index (χ1n) is 8.51. The monoisotopic (exact) mass is 389 g/mol. The second-order valence-electron chi connectivity index (χ2n) is 7.32. The molecule has 27 heavy (non-hydrogen) atoms. The molecule has 1 aromatic carbocycles. The SMILES string of the molecule is COc1cc(C#N)cc(C=C(CSC(C)=O)B2OC(C)(C)C(C)(C)O2)c1O. The fourth-order valence-corrected chi connectivity index (χ4v) is 3.11. The van der Waals surface area contributed by atoms with Gasteiger partial charge in [0.05, 0.1) is 29.9 Å². The Kier molecular flexibility index (Phi) is 6.30. The molecule has 0 unspecified atom stereocenters. The van der Waals surface area contributed by atoms with Gasteiger partial charge < -0.3 is 19.2 Å². The van der Waals surface area contributed by atoms with E-state index in [2.05, 4.69) is 0 Å². The number of ether oxygens (including phenoxy) is 1. The third kappa shape index (κ3) is 4.67. The third-order valence-corrected chi connectivity index (χ3v) is 5.68. The largest absolute Gasteiger partial charge is 0.504 e. The number of nitriles is 1. The van der Waals surface area contributed by atoms with Crippen molar-refractivity contribution in [3.63, 3.8) is 0 Å². The highest BCUT2D eigenvalue weighted by Crippen LogP contribution is 2.40. The van der Waals surface area contributed by atoms with E-state index < -0.39 is 18.3 Å². The number of phenols is 1. The first kappa shape index (κ1) is 21.4. The first-order chi connectivity index (χ1) is 12.5. The van der Waals surface area contributed by atoms with Crippen LogP contribution in [-0.2, 0) is 14.1 Å². The number of hydrogen-bond acceptors (Lipinski definition) is 7. The van der Waals surface area contributed by atoms with E-state index in [4.69, 9.17) is 14.0 Å². The Morgan fingerprint density at radius 2 is 1.93 bits per heavy atom. The van der Waals surface area contributed by atoms with Gasteiger partial charge in [0.1, 0.15) is 0 Å². The van der Waals surface area contributed by atoms with E-state index in [1.807, 2.05) is 33.8 Å².